The fourth-order valence-electron chi connectivity index (χ4n) is 3.73. The predicted octanol–water partition coefficient (Wildman–Crippen LogP) is 5.53. The lowest BCUT2D eigenvalue weighted by Gasteiger charge is -2.11. The van der Waals surface area contributed by atoms with Crippen molar-refractivity contribution in [2.75, 3.05) is 7.11 Å². The third kappa shape index (κ3) is 5.00. The molecule has 0 spiro atoms. The minimum absolute atomic E-state index is 0.266. The Morgan fingerprint density at radius 1 is 1.06 bits per heavy atom. The normalized spacial score (nSPS) is 13.7. The zero-order valence-corrected chi connectivity index (χ0v) is 19.8. The van der Waals surface area contributed by atoms with Gasteiger partial charge in [0.1, 0.15) is 22.7 Å². The fourth-order valence-corrected chi connectivity index (χ4v) is 4.55. The summed E-state index contributed by atoms with van der Waals surface area (Å²) in [6.07, 6.45) is 1.88. The van der Waals surface area contributed by atoms with Gasteiger partial charge in [-0.05, 0) is 24.5 Å². The lowest BCUT2D eigenvalue weighted by Crippen LogP contribution is -2.04. The SMILES string of the molecule is COc1ncnc(C2CC2)c1-c1nccc(SCc2ccc(-c3nc(C(F)(F)F)cn3C)cc2)n1. The number of alkyl halides is 3. The van der Waals surface area contributed by atoms with Crippen molar-refractivity contribution >= 4 is 11.8 Å². The Kier molecular flexibility index (Phi) is 6.18. The molecule has 11 heteroatoms. The van der Waals surface area contributed by atoms with Gasteiger partial charge in [-0.25, -0.2) is 24.9 Å². The van der Waals surface area contributed by atoms with Gasteiger partial charge in [-0.1, -0.05) is 24.3 Å². The minimum Gasteiger partial charge on any atom is -0.480 e. The van der Waals surface area contributed by atoms with E-state index in [2.05, 4.69) is 19.9 Å². The van der Waals surface area contributed by atoms with Crippen molar-refractivity contribution in [2.45, 2.75) is 35.7 Å². The molecule has 3 aromatic heterocycles. The summed E-state index contributed by atoms with van der Waals surface area (Å²) in [7, 11) is 3.12. The number of aryl methyl sites for hydroxylation is 1. The van der Waals surface area contributed by atoms with E-state index >= 15 is 0 Å². The molecule has 1 fully saturated rings. The van der Waals surface area contributed by atoms with Crippen LogP contribution in [0.1, 0.15) is 35.7 Å². The van der Waals surface area contributed by atoms with E-state index in [1.807, 2.05) is 18.2 Å². The summed E-state index contributed by atoms with van der Waals surface area (Å²) < 4.78 is 45.7. The van der Waals surface area contributed by atoms with Crippen molar-refractivity contribution in [3.05, 3.63) is 66.0 Å². The molecule has 0 bridgehead atoms. The standard InChI is InChI=1S/C24H21F3N6OS/c1-33-11-17(24(25,26)27)31-22(33)16-5-3-14(4-6-16)12-35-18-9-10-28-21(32-18)19-20(15-7-8-15)29-13-30-23(19)34-2/h3-6,9-11,13,15H,7-8,12H2,1-2H3. The van der Waals surface area contributed by atoms with Crippen LogP contribution in [0.3, 0.4) is 0 Å². The molecule has 0 radical (unpaired) electrons. The second-order valence-electron chi connectivity index (χ2n) is 8.18. The molecule has 0 atom stereocenters. The van der Waals surface area contributed by atoms with Crippen LogP contribution in [-0.4, -0.2) is 36.6 Å². The zero-order chi connectivity index (χ0) is 24.6. The van der Waals surface area contributed by atoms with E-state index in [-0.39, 0.29) is 5.82 Å². The first-order valence-electron chi connectivity index (χ1n) is 10.9. The molecule has 1 aliphatic rings. The zero-order valence-electron chi connectivity index (χ0n) is 19.0. The van der Waals surface area contributed by atoms with Crippen molar-refractivity contribution in [2.24, 2.45) is 7.05 Å². The Hall–Kier alpha value is -3.47. The number of hydrogen-bond donors (Lipinski definition) is 0. The average Bonchev–Trinajstić information content (AvgIpc) is 3.63. The number of imidazole rings is 1. The van der Waals surface area contributed by atoms with Crippen LogP contribution in [0.2, 0.25) is 0 Å². The van der Waals surface area contributed by atoms with Crippen LogP contribution in [0.4, 0.5) is 13.2 Å². The van der Waals surface area contributed by atoms with Gasteiger partial charge < -0.3 is 9.30 Å². The van der Waals surface area contributed by atoms with Crippen molar-refractivity contribution in [3.8, 4) is 28.7 Å². The third-order valence-corrected chi connectivity index (χ3v) is 6.62. The molecule has 3 heterocycles. The van der Waals surface area contributed by atoms with E-state index in [0.717, 1.165) is 40.9 Å². The molecule has 1 aliphatic carbocycles. The van der Waals surface area contributed by atoms with Gasteiger partial charge in [-0.3, -0.25) is 0 Å². The van der Waals surface area contributed by atoms with E-state index in [0.29, 0.717) is 28.9 Å². The van der Waals surface area contributed by atoms with Crippen LogP contribution in [0, 0.1) is 0 Å². The topological polar surface area (TPSA) is 78.6 Å². The molecule has 0 N–H and O–H groups in total. The molecule has 0 unspecified atom stereocenters. The molecule has 1 aromatic carbocycles. The highest BCUT2D eigenvalue weighted by atomic mass is 32.2. The van der Waals surface area contributed by atoms with Gasteiger partial charge in [0.15, 0.2) is 11.5 Å². The van der Waals surface area contributed by atoms with Gasteiger partial charge in [-0.15, -0.1) is 11.8 Å². The maximum absolute atomic E-state index is 13.0. The maximum atomic E-state index is 13.0. The predicted molar refractivity (Wildman–Crippen MR) is 125 cm³/mol. The monoisotopic (exact) mass is 498 g/mol. The summed E-state index contributed by atoms with van der Waals surface area (Å²) in [5, 5.41) is 0.783. The second kappa shape index (κ2) is 9.29. The first kappa shape index (κ1) is 23.3. The Morgan fingerprint density at radius 3 is 2.49 bits per heavy atom. The van der Waals surface area contributed by atoms with Crippen LogP contribution < -0.4 is 4.74 Å². The lowest BCUT2D eigenvalue weighted by atomic mass is 10.1. The molecular formula is C24H21F3N6OS. The number of nitrogens with zero attached hydrogens (tertiary/aromatic N) is 6. The highest BCUT2D eigenvalue weighted by molar-refractivity contribution is 7.98. The van der Waals surface area contributed by atoms with E-state index in [1.54, 1.807) is 32.5 Å². The minimum atomic E-state index is -4.47. The maximum Gasteiger partial charge on any atom is 0.434 e. The summed E-state index contributed by atoms with van der Waals surface area (Å²) in [6.45, 7) is 0. The lowest BCUT2D eigenvalue weighted by molar-refractivity contribution is -0.140. The Balaban J connectivity index is 1.32. The van der Waals surface area contributed by atoms with Gasteiger partial charge in [-0.2, -0.15) is 13.2 Å². The second-order valence-corrected chi connectivity index (χ2v) is 9.18. The molecule has 1 saturated carbocycles. The number of hydrogen-bond acceptors (Lipinski definition) is 7. The van der Waals surface area contributed by atoms with Crippen LogP contribution in [-0.2, 0) is 19.0 Å². The first-order chi connectivity index (χ1) is 16.8. The first-order valence-corrected chi connectivity index (χ1v) is 11.9. The Morgan fingerprint density at radius 2 is 1.83 bits per heavy atom. The van der Waals surface area contributed by atoms with Gasteiger partial charge >= 0.3 is 6.18 Å². The number of thioether (sulfide) groups is 1. The molecule has 180 valence electrons. The van der Waals surface area contributed by atoms with Crippen molar-refractivity contribution in [3.63, 3.8) is 0 Å². The molecular weight excluding hydrogens is 477 g/mol. The van der Waals surface area contributed by atoms with Gasteiger partial charge in [0, 0.05) is 36.7 Å². The highest BCUT2D eigenvalue weighted by Gasteiger charge is 2.34. The number of benzene rings is 1. The van der Waals surface area contributed by atoms with Crippen LogP contribution in [0.15, 0.2) is 54.1 Å². The number of aromatic nitrogens is 6. The van der Waals surface area contributed by atoms with E-state index in [1.165, 1.54) is 22.7 Å². The smallest absolute Gasteiger partial charge is 0.434 e. The van der Waals surface area contributed by atoms with E-state index in [4.69, 9.17) is 9.72 Å². The molecule has 0 saturated heterocycles. The molecule has 0 aliphatic heterocycles. The van der Waals surface area contributed by atoms with Crippen molar-refractivity contribution < 1.29 is 17.9 Å². The highest BCUT2D eigenvalue weighted by Crippen LogP contribution is 2.45. The van der Waals surface area contributed by atoms with Crippen molar-refractivity contribution in [1.82, 2.24) is 29.5 Å². The largest absolute Gasteiger partial charge is 0.480 e. The summed E-state index contributed by atoms with van der Waals surface area (Å²) in [6, 6.07) is 9.15. The van der Waals surface area contributed by atoms with Crippen LogP contribution >= 0.6 is 11.8 Å². The summed E-state index contributed by atoms with van der Waals surface area (Å²) in [4.78, 5) is 21.6. The van der Waals surface area contributed by atoms with Crippen LogP contribution in [0.25, 0.3) is 22.8 Å². The summed E-state index contributed by atoms with van der Waals surface area (Å²) in [5.41, 5.74) is 2.36. The van der Waals surface area contributed by atoms with E-state index < -0.39 is 11.9 Å². The number of rotatable bonds is 7. The van der Waals surface area contributed by atoms with Crippen molar-refractivity contribution in [1.29, 1.82) is 0 Å². The molecule has 4 aromatic rings. The molecule has 35 heavy (non-hydrogen) atoms. The number of methoxy groups -OCH3 is 1. The molecule has 5 rings (SSSR count). The van der Waals surface area contributed by atoms with E-state index in [9.17, 15) is 13.2 Å². The third-order valence-electron chi connectivity index (χ3n) is 5.62. The fraction of sp³-hybridized carbons (Fsp3) is 0.292. The van der Waals surface area contributed by atoms with Gasteiger partial charge in [0.2, 0.25) is 5.88 Å². The van der Waals surface area contributed by atoms with Gasteiger partial charge in [0.25, 0.3) is 0 Å². The molecule has 0 amide bonds. The Labute approximate surface area is 203 Å². The number of ether oxygens (including phenoxy) is 1. The van der Waals surface area contributed by atoms with Gasteiger partial charge in [0.05, 0.1) is 12.8 Å². The summed E-state index contributed by atoms with van der Waals surface area (Å²) in [5.74, 6) is 2.26. The van der Waals surface area contributed by atoms with Crippen LogP contribution in [0.5, 0.6) is 5.88 Å². The number of halogens is 3. The Bertz CT molecular complexity index is 1350. The molecule has 7 nitrogen and oxygen atoms in total. The quantitative estimate of drug-likeness (QED) is 0.245. The average molecular weight is 499 g/mol. The summed E-state index contributed by atoms with van der Waals surface area (Å²) >= 11 is 1.54.